The number of esters is 1. The van der Waals surface area contributed by atoms with Gasteiger partial charge in [0.15, 0.2) is 0 Å². The summed E-state index contributed by atoms with van der Waals surface area (Å²) in [5, 5.41) is 9.21. The fourth-order valence-corrected chi connectivity index (χ4v) is 4.84. The van der Waals surface area contributed by atoms with E-state index in [0.717, 1.165) is 37.0 Å². The molecule has 0 radical (unpaired) electrons. The second-order valence-electron chi connectivity index (χ2n) is 6.97. The Morgan fingerprint density at radius 2 is 1.72 bits per heavy atom. The van der Waals surface area contributed by atoms with E-state index >= 15 is 0 Å². The Kier molecular flexibility index (Phi) is 3.13. The van der Waals surface area contributed by atoms with Crippen LogP contribution in [0.25, 0.3) is 0 Å². The summed E-state index contributed by atoms with van der Waals surface area (Å²) in [6, 6.07) is 0. The van der Waals surface area contributed by atoms with Crippen molar-refractivity contribution in [2.45, 2.75) is 58.0 Å². The number of hydrogen-bond acceptors (Lipinski definition) is 3. The van der Waals surface area contributed by atoms with Crippen molar-refractivity contribution in [1.29, 1.82) is 0 Å². The van der Waals surface area contributed by atoms with Gasteiger partial charge in [-0.2, -0.15) is 0 Å². The third-order valence-corrected chi connectivity index (χ3v) is 5.24. The lowest BCUT2D eigenvalue weighted by molar-refractivity contribution is -0.172. The molecule has 0 aromatic carbocycles. The molecule has 1 atom stereocenters. The van der Waals surface area contributed by atoms with Crippen LogP contribution < -0.4 is 0 Å². The topological polar surface area (TPSA) is 46.5 Å². The molecule has 4 bridgehead atoms. The van der Waals surface area contributed by atoms with E-state index in [4.69, 9.17) is 4.74 Å². The van der Waals surface area contributed by atoms with Gasteiger partial charge < -0.3 is 9.84 Å². The van der Waals surface area contributed by atoms with E-state index in [1.165, 1.54) is 19.3 Å². The van der Waals surface area contributed by atoms with Gasteiger partial charge in [0.25, 0.3) is 0 Å². The zero-order chi connectivity index (χ0) is 12.8. The lowest BCUT2D eigenvalue weighted by Crippen LogP contribution is -2.50. The van der Waals surface area contributed by atoms with E-state index in [1.807, 2.05) is 0 Å². The molecule has 18 heavy (non-hydrogen) atoms. The minimum atomic E-state index is -0.380. The molecule has 0 saturated heterocycles. The summed E-state index contributed by atoms with van der Waals surface area (Å²) in [6.07, 6.45) is 7.40. The summed E-state index contributed by atoms with van der Waals surface area (Å²) < 4.78 is 5.44. The van der Waals surface area contributed by atoms with Gasteiger partial charge in [-0.15, -0.1) is 0 Å². The maximum atomic E-state index is 12.4. The molecule has 0 heterocycles. The second-order valence-corrected chi connectivity index (χ2v) is 6.97. The molecule has 4 rings (SSSR count). The van der Waals surface area contributed by atoms with Crippen LogP contribution in [-0.2, 0) is 9.53 Å². The number of aliphatic hydroxyl groups is 1. The molecule has 1 unspecified atom stereocenters. The zero-order valence-electron chi connectivity index (χ0n) is 11.2. The van der Waals surface area contributed by atoms with E-state index in [2.05, 4.69) is 0 Å². The molecule has 4 aliphatic rings. The van der Waals surface area contributed by atoms with Crippen molar-refractivity contribution in [3.05, 3.63) is 0 Å². The lowest BCUT2D eigenvalue weighted by atomic mass is 9.49. The van der Waals surface area contributed by atoms with Gasteiger partial charge in [0.2, 0.25) is 0 Å². The van der Waals surface area contributed by atoms with E-state index in [9.17, 15) is 9.90 Å². The molecule has 0 aliphatic heterocycles. The number of carbonyl (C=O) groups is 1. The highest BCUT2D eigenvalue weighted by Gasteiger charge is 2.55. The van der Waals surface area contributed by atoms with Gasteiger partial charge in [0.1, 0.15) is 0 Å². The molecule has 3 heteroatoms. The van der Waals surface area contributed by atoms with Gasteiger partial charge in [0, 0.05) is 6.42 Å². The largest absolute Gasteiger partial charge is 0.465 e. The summed E-state index contributed by atoms with van der Waals surface area (Å²) in [4.78, 5) is 12.4. The molecular weight excluding hydrogens is 228 g/mol. The van der Waals surface area contributed by atoms with Crippen molar-refractivity contribution < 1.29 is 14.6 Å². The maximum absolute atomic E-state index is 12.4. The fourth-order valence-electron chi connectivity index (χ4n) is 4.84. The van der Waals surface area contributed by atoms with Crippen molar-refractivity contribution in [2.24, 2.45) is 23.2 Å². The monoisotopic (exact) mass is 252 g/mol. The normalized spacial score (nSPS) is 42.9. The van der Waals surface area contributed by atoms with Crippen LogP contribution in [0.4, 0.5) is 0 Å². The van der Waals surface area contributed by atoms with Crippen molar-refractivity contribution in [3.63, 3.8) is 0 Å². The number of rotatable bonds is 4. The maximum Gasteiger partial charge on any atom is 0.312 e. The molecule has 0 aromatic heterocycles. The Hall–Kier alpha value is -0.570. The predicted octanol–water partition coefficient (Wildman–Crippen LogP) is 2.52. The summed E-state index contributed by atoms with van der Waals surface area (Å²) in [7, 11) is 0. The zero-order valence-corrected chi connectivity index (χ0v) is 11.2. The van der Waals surface area contributed by atoms with Gasteiger partial charge in [-0.25, -0.2) is 0 Å². The fraction of sp³-hybridized carbons (Fsp3) is 0.933. The standard InChI is InChI=1S/C15H24O3/c1-10(16)2-3-18-14(17)15-7-11-4-12(8-15)6-13(5-11)9-15/h10-13,16H,2-9H2,1H3. The van der Waals surface area contributed by atoms with Gasteiger partial charge >= 0.3 is 5.97 Å². The smallest absolute Gasteiger partial charge is 0.312 e. The lowest BCUT2D eigenvalue weighted by Gasteiger charge is -2.55. The molecule has 102 valence electrons. The van der Waals surface area contributed by atoms with Crippen LogP contribution in [0.2, 0.25) is 0 Å². The Bertz CT molecular complexity index is 299. The first-order chi connectivity index (χ1) is 8.57. The van der Waals surface area contributed by atoms with Crippen LogP contribution in [0.1, 0.15) is 51.9 Å². The second kappa shape index (κ2) is 4.52. The van der Waals surface area contributed by atoms with Crippen LogP contribution in [0.3, 0.4) is 0 Å². The molecule has 4 aliphatic carbocycles. The average Bonchev–Trinajstić information content (AvgIpc) is 2.26. The quantitative estimate of drug-likeness (QED) is 0.782. The molecule has 1 N–H and O–H groups in total. The predicted molar refractivity (Wildman–Crippen MR) is 67.9 cm³/mol. The Balaban J connectivity index is 1.62. The first-order valence-corrected chi connectivity index (χ1v) is 7.43. The number of carbonyl (C=O) groups excluding carboxylic acids is 1. The van der Waals surface area contributed by atoms with Crippen LogP contribution in [0, 0.1) is 23.2 Å². The van der Waals surface area contributed by atoms with Crippen molar-refractivity contribution in [3.8, 4) is 0 Å². The summed E-state index contributed by atoms with van der Waals surface area (Å²) >= 11 is 0. The van der Waals surface area contributed by atoms with Crippen LogP contribution in [0.5, 0.6) is 0 Å². The number of aliphatic hydroxyl groups excluding tert-OH is 1. The highest BCUT2D eigenvalue weighted by molar-refractivity contribution is 5.77. The molecule has 4 fully saturated rings. The van der Waals surface area contributed by atoms with Crippen molar-refractivity contribution in [2.75, 3.05) is 6.61 Å². The van der Waals surface area contributed by atoms with E-state index in [1.54, 1.807) is 6.92 Å². The number of ether oxygens (including phenoxy) is 1. The van der Waals surface area contributed by atoms with Gasteiger partial charge in [-0.1, -0.05) is 0 Å². The first kappa shape index (κ1) is 12.5. The van der Waals surface area contributed by atoms with Gasteiger partial charge in [-0.05, 0) is 63.2 Å². The van der Waals surface area contributed by atoms with Crippen LogP contribution in [-0.4, -0.2) is 23.8 Å². The highest BCUT2D eigenvalue weighted by atomic mass is 16.5. The first-order valence-electron chi connectivity index (χ1n) is 7.43. The number of hydrogen-bond donors (Lipinski definition) is 1. The van der Waals surface area contributed by atoms with E-state index in [0.29, 0.717) is 13.0 Å². The third kappa shape index (κ3) is 2.18. The summed E-state index contributed by atoms with van der Waals surface area (Å²) in [6.45, 7) is 2.11. The summed E-state index contributed by atoms with van der Waals surface area (Å²) in [5.74, 6) is 2.36. The summed E-state index contributed by atoms with van der Waals surface area (Å²) in [5.41, 5.74) is -0.145. The van der Waals surface area contributed by atoms with Gasteiger partial charge in [-0.3, -0.25) is 4.79 Å². The Morgan fingerprint density at radius 3 is 2.17 bits per heavy atom. The van der Waals surface area contributed by atoms with Crippen LogP contribution in [0.15, 0.2) is 0 Å². The van der Waals surface area contributed by atoms with Crippen molar-refractivity contribution in [1.82, 2.24) is 0 Å². The van der Waals surface area contributed by atoms with Crippen molar-refractivity contribution >= 4 is 5.97 Å². The Labute approximate surface area is 109 Å². The minimum Gasteiger partial charge on any atom is -0.465 e. The molecule has 3 nitrogen and oxygen atoms in total. The van der Waals surface area contributed by atoms with Crippen LogP contribution >= 0.6 is 0 Å². The minimum absolute atomic E-state index is 0.0299. The molecule has 4 saturated carbocycles. The SMILES string of the molecule is CC(O)CCOC(=O)C12CC3CC(CC(C3)C1)C2. The highest BCUT2D eigenvalue weighted by Crippen LogP contribution is 2.60. The third-order valence-electron chi connectivity index (χ3n) is 5.24. The molecule has 0 aromatic rings. The Morgan fingerprint density at radius 1 is 1.22 bits per heavy atom. The van der Waals surface area contributed by atoms with Gasteiger partial charge in [0.05, 0.1) is 18.1 Å². The molecule has 0 spiro atoms. The average molecular weight is 252 g/mol. The molecule has 0 amide bonds. The van der Waals surface area contributed by atoms with E-state index in [-0.39, 0.29) is 17.5 Å². The molecular formula is C15H24O3. The van der Waals surface area contributed by atoms with E-state index < -0.39 is 0 Å².